The molecule has 132 valence electrons. The summed E-state index contributed by atoms with van der Waals surface area (Å²) in [5.41, 5.74) is 1.53. The van der Waals surface area contributed by atoms with Crippen molar-refractivity contribution in [3.05, 3.63) is 64.1 Å². The maximum atomic E-state index is 12.2. The summed E-state index contributed by atoms with van der Waals surface area (Å²) in [6, 6.07) is 13.6. The van der Waals surface area contributed by atoms with Gasteiger partial charge in [0.05, 0.1) is 6.42 Å². The fourth-order valence-electron chi connectivity index (χ4n) is 2.05. The summed E-state index contributed by atoms with van der Waals surface area (Å²) in [6.45, 7) is -0.340. The van der Waals surface area contributed by atoms with Crippen molar-refractivity contribution in [1.82, 2.24) is 5.32 Å². The average molecular weight is 415 g/mol. The molecule has 8 heteroatoms. The highest BCUT2D eigenvalue weighted by atomic mass is 79.9. The van der Waals surface area contributed by atoms with Gasteiger partial charge in [0.25, 0.3) is 0 Å². The van der Waals surface area contributed by atoms with Crippen molar-refractivity contribution >= 4 is 33.4 Å². The third-order valence-electron chi connectivity index (χ3n) is 3.27. The Hall–Kier alpha value is -2.35. The van der Waals surface area contributed by atoms with Gasteiger partial charge in [-0.2, -0.15) is 13.2 Å². The van der Waals surface area contributed by atoms with Crippen LogP contribution in [0.2, 0.25) is 0 Å². The molecule has 2 aromatic rings. The quantitative estimate of drug-likeness (QED) is 0.781. The molecule has 2 rings (SSSR count). The first kappa shape index (κ1) is 19.0. The number of rotatable bonds is 5. The van der Waals surface area contributed by atoms with Crippen molar-refractivity contribution in [2.45, 2.75) is 19.1 Å². The van der Waals surface area contributed by atoms with E-state index in [-0.39, 0.29) is 18.9 Å². The second-order valence-corrected chi connectivity index (χ2v) is 6.10. The minimum atomic E-state index is -4.94. The summed E-state index contributed by atoms with van der Waals surface area (Å²) in [7, 11) is 0. The third-order valence-corrected chi connectivity index (χ3v) is 3.79. The van der Waals surface area contributed by atoms with Gasteiger partial charge in [0.15, 0.2) is 0 Å². The monoisotopic (exact) mass is 414 g/mol. The SMILES string of the molecule is O=C(Cc1ccc(Br)cc1)Nc1ccccc1CNC(=O)C(F)(F)F. The maximum absolute atomic E-state index is 12.2. The normalized spacial score (nSPS) is 11.0. The zero-order chi connectivity index (χ0) is 18.4. The molecule has 0 spiro atoms. The summed E-state index contributed by atoms with van der Waals surface area (Å²) >= 11 is 3.30. The first-order chi connectivity index (χ1) is 11.8. The summed E-state index contributed by atoms with van der Waals surface area (Å²) in [4.78, 5) is 23.0. The lowest BCUT2D eigenvalue weighted by atomic mass is 10.1. The maximum Gasteiger partial charge on any atom is 0.471 e. The van der Waals surface area contributed by atoms with Crippen LogP contribution in [0.15, 0.2) is 53.0 Å². The van der Waals surface area contributed by atoms with Crippen LogP contribution in [-0.2, 0) is 22.6 Å². The highest BCUT2D eigenvalue weighted by molar-refractivity contribution is 9.10. The first-order valence-corrected chi connectivity index (χ1v) is 8.02. The van der Waals surface area contributed by atoms with Gasteiger partial charge in [-0.15, -0.1) is 0 Å². The van der Waals surface area contributed by atoms with Crippen LogP contribution in [-0.4, -0.2) is 18.0 Å². The van der Waals surface area contributed by atoms with Crippen LogP contribution < -0.4 is 10.6 Å². The van der Waals surface area contributed by atoms with E-state index in [1.807, 2.05) is 12.1 Å². The van der Waals surface area contributed by atoms with Crippen LogP contribution in [0.5, 0.6) is 0 Å². The van der Waals surface area contributed by atoms with Gasteiger partial charge in [0.2, 0.25) is 5.91 Å². The predicted octanol–water partition coefficient (Wildman–Crippen LogP) is 3.81. The molecule has 0 saturated heterocycles. The molecule has 25 heavy (non-hydrogen) atoms. The molecule has 2 aromatic carbocycles. The van der Waals surface area contributed by atoms with Gasteiger partial charge < -0.3 is 10.6 Å². The van der Waals surface area contributed by atoms with Crippen LogP contribution in [0.25, 0.3) is 0 Å². The van der Waals surface area contributed by atoms with Crippen molar-refractivity contribution in [3.8, 4) is 0 Å². The molecule has 0 aromatic heterocycles. The van der Waals surface area contributed by atoms with Crippen molar-refractivity contribution in [1.29, 1.82) is 0 Å². The molecule has 0 unspecified atom stereocenters. The molecular weight excluding hydrogens is 401 g/mol. The lowest BCUT2D eigenvalue weighted by Crippen LogP contribution is -2.36. The van der Waals surface area contributed by atoms with Crippen LogP contribution in [0.1, 0.15) is 11.1 Å². The molecular formula is C17H14BrF3N2O2. The Morgan fingerprint density at radius 3 is 2.28 bits per heavy atom. The van der Waals surface area contributed by atoms with Crippen LogP contribution in [0, 0.1) is 0 Å². The molecule has 0 fully saturated rings. The van der Waals surface area contributed by atoms with Crippen molar-refractivity contribution in [2.75, 3.05) is 5.32 Å². The Balaban J connectivity index is 2.01. The fourth-order valence-corrected chi connectivity index (χ4v) is 2.32. The Kier molecular flexibility index (Phi) is 6.19. The number of para-hydroxylation sites is 1. The molecule has 0 aliphatic heterocycles. The number of halogens is 4. The number of hydrogen-bond acceptors (Lipinski definition) is 2. The minimum Gasteiger partial charge on any atom is -0.344 e. The van der Waals surface area contributed by atoms with E-state index in [1.54, 1.807) is 35.6 Å². The number of anilines is 1. The fraction of sp³-hybridized carbons (Fsp3) is 0.176. The summed E-state index contributed by atoms with van der Waals surface area (Å²) in [5, 5.41) is 4.44. The van der Waals surface area contributed by atoms with Gasteiger partial charge in [-0.25, -0.2) is 0 Å². The van der Waals surface area contributed by atoms with Gasteiger partial charge in [-0.1, -0.05) is 46.3 Å². The Bertz CT molecular complexity index is 761. The van der Waals surface area contributed by atoms with E-state index in [4.69, 9.17) is 0 Å². The lowest BCUT2D eigenvalue weighted by Gasteiger charge is -2.13. The molecule has 0 radical (unpaired) electrons. The van der Waals surface area contributed by atoms with Crippen LogP contribution in [0.4, 0.5) is 18.9 Å². The lowest BCUT2D eigenvalue weighted by molar-refractivity contribution is -0.173. The molecule has 2 N–H and O–H groups in total. The standard InChI is InChI=1S/C17H14BrF3N2O2/c18-13-7-5-11(6-8-13)9-15(24)23-14-4-2-1-3-12(14)10-22-16(25)17(19,20)21/h1-8H,9-10H2,(H,22,25)(H,23,24). The molecule has 0 saturated carbocycles. The highest BCUT2D eigenvalue weighted by Gasteiger charge is 2.38. The van der Waals surface area contributed by atoms with Crippen molar-refractivity contribution in [2.24, 2.45) is 0 Å². The molecule has 0 heterocycles. The van der Waals surface area contributed by atoms with E-state index >= 15 is 0 Å². The summed E-state index contributed by atoms with van der Waals surface area (Å²) in [5.74, 6) is -2.33. The van der Waals surface area contributed by atoms with E-state index in [0.717, 1.165) is 10.0 Å². The largest absolute Gasteiger partial charge is 0.471 e. The summed E-state index contributed by atoms with van der Waals surface area (Å²) < 4.78 is 37.6. The van der Waals surface area contributed by atoms with Gasteiger partial charge in [0.1, 0.15) is 0 Å². The third kappa shape index (κ3) is 5.90. The predicted molar refractivity (Wildman–Crippen MR) is 90.8 cm³/mol. The summed E-state index contributed by atoms with van der Waals surface area (Å²) in [6.07, 6.45) is -4.82. The van der Waals surface area contributed by atoms with E-state index < -0.39 is 12.1 Å². The van der Waals surface area contributed by atoms with Crippen LogP contribution in [0.3, 0.4) is 0 Å². The number of alkyl halides is 3. The van der Waals surface area contributed by atoms with Crippen molar-refractivity contribution < 1.29 is 22.8 Å². The Labute approximate surface area is 150 Å². The number of benzene rings is 2. The Morgan fingerprint density at radius 1 is 1.00 bits per heavy atom. The number of carbonyl (C=O) groups is 2. The molecule has 0 aliphatic rings. The molecule has 4 nitrogen and oxygen atoms in total. The van der Waals surface area contributed by atoms with E-state index in [2.05, 4.69) is 21.2 Å². The zero-order valence-corrected chi connectivity index (χ0v) is 14.4. The number of hydrogen-bond donors (Lipinski definition) is 2. The second-order valence-electron chi connectivity index (χ2n) is 5.19. The smallest absolute Gasteiger partial charge is 0.344 e. The van der Waals surface area contributed by atoms with E-state index in [1.165, 1.54) is 6.07 Å². The van der Waals surface area contributed by atoms with Gasteiger partial charge >= 0.3 is 12.1 Å². The average Bonchev–Trinajstić information content (AvgIpc) is 2.55. The molecule has 0 aliphatic carbocycles. The second kappa shape index (κ2) is 8.15. The zero-order valence-electron chi connectivity index (χ0n) is 12.9. The molecule has 0 atom stereocenters. The molecule has 2 amide bonds. The minimum absolute atomic E-state index is 0.122. The van der Waals surface area contributed by atoms with Gasteiger partial charge in [-0.05, 0) is 29.3 Å². The first-order valence-electron chi connectivity index (χ1n) is 7.23. The highest BCUT2D eigenvalue weighted by Crippen LogP contribution is 2.18. The number of nitrogens with one attached hydrogen (secondary N) is 2. The van der Waals surface area contributed by atoms with Gasteiger partial charge in [0, 0.05) is 16.7 Å². The number of amides is 2. The van der Waals surface area contributed by atoms with Crippen LogP contribution >= 0.6 is 15.9 Å². The van der Waals surface area contributed by atoms with Crippen molar-refractivity contribution in [3.63, 3.8) is 0 Å². The topological polar surface area (TPSA) is 58.2 Å². The number of carbonyl (C=O) groups excluding carboxylic acids is 2. The van der Waals surface area contributed by atoms with Gasteiger partial charge in [-0.3, -0.25) is 9.59 Å². The van der Waals surface area contributed by atoms with E-state index in [9.17, 15) is 22.8 Å². The van der Waals surface area contributed by atoms with E-state index in [0.29, 0.717) is 11.3 Å². The molecule has 0 bridgehead atoms. The Morgan fingerprint density at radius 2 is 1.64 bits per heavy atom.